The predicted octanol–water partition coefficient (Wildman–Crippen LogP) is 4.72. The van der Waals surface area contributed by atoms with Crippen LogP contribution < -0.4 is 5.73 Å². The Labute approximate surface area is 126 Å². The molecule has 0 amide bonds. The lowest BCUT2D eigenvalue weighted by molar-refractivity contribution is 0.488. The van der Waals surface area contributed by atoms with Crippen molar-refractivity contribution >= 4 is 23.4 Å². The van der Waals surface area contributed by atoms with E-state index in [-0.39, 0.29) is 11.1 Å². The Morgan fingerprint density at radius 1 is 1.20 bits per heavy atom. The first kappa shape index (κ1) is 15.3. The second-order valence-corrected chi connectivity index (χ2v) is 6.00. The predicted molar refractivity (Wildman–Crippen MR) is 80.2 cm³/mol. The maximum absolute atomic E-state index is 13.8. The second-order valence-electron chi connectivity index (χ2n) is 4.47. The van der Waals surface area contributed by atoms with Crippen LogP contribution in [0.2, 0.25) is 5.02 Å². The topological polar surface area (TPSA) is 26.0 Å². The van der Waals surface area contributed by atoms with Gasteiger partial charge in [0, 0.05) is 27.3 Å². The van der Waals surface area contributed by atoms with Gasteiger partial charge in [-0.25, -0.2) is 8.78 Å². The summed E-state index contributed by atoms with van der Waals surface area (Å²) in [7, 11) is 0. The van der Waals surface area contributed by atoms with E-state index in [1.807, 2.05) is 18.2 Å². The van der Waals surface area contributed by atoms with Crippen LogP contribution in [0, 0.1) is 18.6 Å². The molecule has 106 valence electrons. The lowest BCUT2D eigenvalue weighted by Gasteiger charge is -2.14. The molecule has 1 nitrogen and oxygen atoms in total. The summed E-state index contributed by atoms with van der Waals surface area (Å²) >= 11 is 7.34. The molecule has 0 spiro atoms. The summed E-state index contributed by atoms with van der Waals surface area (Å²) in [5, 5.41) is 0.635. The molecule has 2 aromatic rings. The van der Waals surface area contributed by atoms with Crippen molar-refractivity contribution in [1.82, 2.24) is 0 Å². The molecule has 0 fully saturated rings. The van der Waals surface area contributed by atoms with Crippen LogP contribution >= 0.6 is 23.4 Å². The number of benzene rings is 2. The Morgan fingerprint density at radius 2 is 1.95 bits per heavy atom. The third-order valence-electron chi connectivity index (χ3n) is 2.93. The smallest absolute Gasteiger partial charge is 0.163 e. The first-order valence-corrected chi connectivity index (χ1v) is 7.44. The van der Waals surface area contributed by atoms with Crippen molar-refractivity contribution in [3.63, 3.8) is 0 Å². The van der Waals surface area contributed by atoms with Crippen LogP contribution in [0.25, 0.3) is 0 Å². The molecule has 0 saturated carbocycles. The summed E-state index contributed by atoms with van der Waals surface area (Å²) in [6.45, 7) is 1.52. The van der Waals surface area contributed by atoms with Crippen molar-refractivity contribution in [2.45, 2.75) is 17.9 Å². The summed E-state index contributed by atoms with van der Waals surface area (Å²) in [6.07, 6.45) is 0. The Morgan fingerprint density at radius 3 is 2.65 bits per heavy atom. The number of hydrogen-bond donors (Lipinski definition) is 1. The van der Waals surface area contributed by atoms with Crippen molar-refractivity contribution in [2.24, 2.45) is 5.73 Å². The van der Waals surface area contributed by atoms with Crippen LogP contribution in [-0.2, 0) is 0 Å². The highest BCUT2D eigenvalue weighted by Gasteiger charge is 2.16. The molecule has 0 heterocycles. The molecular formula is C15H14ClF2NS. The Kier molecular flexibility index (Phi) is 5.02. The SMILES string of the molecule is Cc1ccc(C(N)CSc2cccc(Cl)c2)c(F)c1F. The first-order valence-electron chi connectivity index (χ1n) is 6.07. The highest BCUT2D eigenvalue weighted by atomic mass is 35.5. The molecule has 1 atom stereocenters. The van der Waals surface area contributed by atoms with E-state index in [1.165, 1.54) is 30.8 Å². The Hall–Kier alpha value is -1.10. The van der Waals surface area contributed by atoms with Gasteiger partial charge in [0.05, 0.1) is 0 Å². The molecule has 1 unspecified atom stereocenters. The molecule has 2 rings (SSSR count). The van der Waals surface area contributed by atoms with Crippen molar-refractivity contribution in [3.05, 3.63) is 64.2 Å². The van der Waals surface area contributed by atoms with Crippen LogP contribution in [0.1, 0.15) is 17.2 Å². The zero-order valence-electron chi connectivity index (χ0n) is 10.9. The molecule has 5 heteroatoms. The van der Waals surface area contributed by atoms with E-state index in [2.05, 4.69) is 0 Å². The van der Waals surface area contributed by atoms with E-state index in [9.17, 15) is 8.78 Å². The molecular weight excluding hydrogens is 300 g/mol. The average molecular weight is 314 g/mol. The fraction of sp³-hybridized carbons (Fsp3) is 0.200. The van der Waals surface area contributed by atoms with Crippen molar-refractivity contribution in [1.29, 1.82) is 0 Å². The fourth-order valence-electron chi connectivity index (χ4n) is 1.78. The van der Waals surface area contributed by atoms with Crippen LogP contribution in [0.15, 0.2) is 41.3 Å². The van der Waals surface area contributed by atoms with Crippen molar-refractivity contribution in [3.8, 4) is 0 Å². The van der Waals surface area contributed by atoms with Gasteiger partial charge in [-0.1, -0.05) is 29.8 Å². The highest BCUT2D eigenvalue weighted by Crippen LogP contribution is 2.27. The van der Waals surface area contributed by atoms with Gasteiger partial charge in [0.2, 0.25) is 0 Å². The summed E-state index contributed by atoms with van der Waals surface area (Å²) in [5.74, 6) is -1.24. The molecule has 0 aliphatic heterocycles. The van der Waals surface area contributed by atoms with Crippen LogP contribution in [0.4, 0.5) is 8.78 Å². The Balaban J connectivity index is 2.09. The maximum atomic E-state index is 13.8. The number of thioether (sulfide) groups is 1. The van der Waals surface area contributed by atoms with E-state index >= 15 is 0 Å². The van der Waals surface area contributed by atoms with Crippen LogP contribution in [0.3, 0.4) is 0 Å². The fourth-order valence-corrected chi connectivity index (χ4v) is 2.97. The molecule has 0 saturated heterocycles. The minimum absolute atomic E-state index is 0.197. The summed E-state index contributed by atoms with van der Waals surface area (Å²) < 4.78 is 27.3. The quantitative estimate of drug-likeness (QED) is 0.827. The van der Waals surface area contributed by atoms with Gasteiger partial charge in [0.25, 0.3) is 0 Å². The monoisotopic (exact) mass is 313 g/mol. The molecule has 20 heavy (non-hydrogen) atoms. The van der Waals surface area contributed by atoms with E-state index in [4.69, 9.17) is 17.3 Å². The van der Waals surface area contributed by atoms with Gasteiger partial charge in [-0.15, -0.1) is 11.8 Å². The van der Waals surface area contributed by atoms with Gasteiger partial charge in [-0.05, 0) is 30.7 Å². The minimum atomic E-state index is -0.857. The molecule has 0 bridgehead atoms. The summed E-state index contributed by atoms with van der Waals surface area (Å²) in [4.78, 5) is 0.945. The summed E-state index contributed by atoms with van der Waals surface area (Å²) in [6, 6.07) is 9.83. The zero-order chi connectivity index (χ0) is 14.7. The van der Waals surface area contributed by atoms with Gasteiger partial charge >= 0.3 is 0 Å². The minimum Gasteiger partial charge on any atom is -0.323 e. The van der Waals surface area contributed by atoms with Crippen molar-refractivity contribution < 1.29 is 8.78 Å². The molecule has 2 N–H and O–H groups in total. The van der Waals surface area contributed by atoms with Crippen LogP contribution in [-0.4, -0.2) is 5.75 Å². The zero-order valence-corrected chi connectivity index (χ0v) is 12.4. The number of halogens is 3. The second kappa shape index (κ2) is 6.57. The third-order valence-corrected chi connectivity index (χ3v) is 4.28. The summed E-state index contributed by atoms with van der Waals surface area (Å²) in [5.41, 5.74) is 6.42. The van der Waals surface area contributed by atoms with E-state index in [1.54, 1.807) is 6.07 Å². The average Bonchev–Trinajstić information content (AvgIpc) is 2.42. The van der Waals surface area contributed by atoms with E-state index < -0.39 is 17.7 Å². The lowest BCUT2D eigenvalue weighted by Crippen LogP contribution is -2.15. The number of rotatable bonds is 4. The molecule has 2 aromatic carbocycles. The molecule has 0 aromatic heterocycles. The molecule has 0 aliphatic carbocycles. The number of hydrogen-bond acceptors (Lipinski definition) is 2. The first-order chi connectivity index (χ1) is 9.49. The van der Waals surface area contributed by atoms with Crippen molar-refractivity contribution in [2.75, 3.05) is 5.75 Å². The van der Waals surface area contributed by atoms with E-state index in [0.717, 1.165) is 4.90 Å². The number of nitrogens with two attached hydrogens (primary N) is 1. The van der Waals surface area contributed by atoms with Gasteiger partial charge < -0.3 is 5.73 Å². The van der Waals surface area contributed by atoms with Gasteiger partial charge in [0.1, 0.15) is 0 Å². The van der Waals surface area contributed by atoms with E-state index in [0.29, 0.717) is 10.8 Å². The normalized spacial score (nSPS) is 12.4. The molecule has 0 aliphatic rings. The molecule has 0 radical (unpaired) electrons. The Bertz CT molecular complexity index is 619. The van der Waals surface area contributed by atoms with Crippen LogP contribution in [0.5, 0.6) is 0 Å². The number of aryl methyl sites for hydroxylation is 1. The van der Waals surface area contributed by atoms with Gasteiger partial charge in [-0.3, -0.25) is 0 Å². The lowest BCUT2D eigenvalue weighted by atomic mass is 10.1. The highest BCUT2D eigenvalue weighted by molar-refractivity contribution is 7.99. The van der Waals surface area contributed by atoms with Gasteiger partial charge in [0.15, 0.2) is 11.6 Å². The largest absolute Gasteiger partial charge is 0.323 e. The third kappa shape index (κ3) is 3.51. The standard InChI is InChI=1S/C15H14ClF2NS/c1-9-5-6-12(15(18)14(9)17)13(19)8-20-11-4-2-3-10(16)7-11/h2-7,13H,8,19H2,1H3. The maximum Gasteiger partial charge on any atom is 0.163 e. The van der Waals surface area contributed by atoms with Gasteiger partial charge in [-0.2, -0.15) is 0 Å².